The zero-order valence-corrected chi connectivity index (χ0v) is 7.49. The van der Waals surface area contributed by atoms with Crippen LogP contribution >= 0.6 is 0 Å². The van der Waals surface area contributed by atoms with Gasteiger partial charge in [0.05, 0.1) is 5.69 Å². The van der Waals surface area contributed by atoms with E-state index in [2.05, 4.69) is 17.1 Å². The Labute approximate surface area is 78.1 Å². The first kappa shape index (κ1) is 7.99. The summed E-state index contributed by atoms with van der Waals surface area (Å²) in [6, 6.07) is 15.1. The van der Waals surface area contributed by atoms with Crippen molar-refractivity contribution in [1.82, 2.24) is 4.98 Å². The highest BCUT2D eigenvalue weighted by Gasteiger charge is 1.96. The van der Waals surface area contributed by atoms with Crippen molar-refractivity contribution in [1.29, 1.82) is 0 Å². The van der Waals surface area contributed by atoms with Gasteiger partial charge in [-0.25, -0.2) is 0 Å². The standard InChI is InChI=1S/C12H10N/c1-10-5-4-6-11(9-10)12-7-2-3-8-13-12/h2-4,6-9H,1H3. The Morgan fingerprint density at radius 2 is 2.15 bits per heavy atom. The lowest BCUT2D eigenvalue weighted by molar-refractivity contribution is 1.32. The average Bonchev–Trinajstić information content (AvgIpc) is 2.19. The third-order valence-corrected chi connectivity index (χ3v) is 1.91. The van der Waals surface area contributed by atoms with Gasteiger partial charge in [0, 0.05) is 11.8 Å². The van der Waals surface area contributed by atoms with Crippen LogP contribution in [0.2, 0.25) is 0 Å². The molecule has 2 aromatic rings. The SMILES string of the molecule is Cc1[c]ccc(-c2ccccn2)c1. The molecular weight excluding hydrogens is 158 g/mol. The molecule has 0 amide bonds. The zero-order valence-electron chi connectivity index (χ0n) is 7.49. The lowest BCUT2D eigenvalue weighted by atomic mass is 10.1. The average molecular weight is 168 g/mol. The molecule has 0 fully saturated rings. The maximum Gasteiger partial charge on any atom is 0.0702 e. The molecule has 0 atom stereocenters. The lowest BCUT2D eigenvalue weighted by Crippen LogP contribution is -1.82. The summed E-state index contributed by atoms with van der Waals surface area (Å²) < 4.78 is 0. The summed E-state index contributed by atoms with van der Waals surface area (Å²) in [4.78, 5) is 4.28. The van der Waals surface area contributed by atoms with Crippen molar-refractivity contribution in [3.63, 3.8) is 0 Å². The van der Waals surface area contributed by atoms with Crippen molar-refractivity contribution in [2.75, 3.05) is 0 Å². The molecule has 13 heavy (non-hydrogen) atoms. The van der Waals surface area contributed by atoms with Crippen molar-refractivity contribution in [2.45, 2.75) is 6.92 Å². The minimum Gasteiger partial charge on any atom is -0.256 e. The van der Waals surface area contributed by atoms with Crippen LogP contribution in [0.4, 0.5) is 0 Å². The third kappa shape index (κ3) is 1.75. The van der Waals surface area contributed by atoms with Gasteiger partial charge in [0.25, 0.3) is 0 Å². The Morgan fingerprint density at radius 3 is 2.85 bits per heavy atom. The number of nitrogens with zero attached hydrogens (tertiary/aromatic N) is 1. The van der Waals surface area contributed by atoms with Gasteiger partial charge in [-0.1, -0.05) is 18.2 Å². The number of rotatable bonds is 1. The van der Waals surface area contributed by atoms with E-state index in [1.807, 2.05) is 37.3 Å². The van der Waals surface area contributed by atoms with Gasteiger partial charge in [-0.3, -0.25) is 4.98 Å². The second-order valence-corrected chi connectivity index (χ2v) is 2.98. The smallest absolute Gasteiger partial charge is 0.0702 e. The van der Waals surface area contributed by atoms with E-state index in [1.165, 1.54) is 0 Å². The zero-order chi connectivity index (χ0) is 9.10. The number of benzene rings is 1. The molecule has 0 N–H and O–H groups in total. The minimum absolute atomic E-state index is 1.01. The Balaban J connectivity index is 2.48. The van der Waals surface area contributed by atoms with Crippen molar-refractivity contribution in [2.24, 2.45) is 0 Å². The Morgan fingerprint density at radius 1 is 1.23 bits per heavy atom. The number of aryl methyl sites for hydroxylation is 1. The molecule has 1 aromatic heterocycles. The topological polar surface area (TPSA) is 12.9 Å². The van der Waals surface area contributed by atoms with Gasteiger partial charge >= 0.3 is 0 Å². The molecule has 1 aromatic carbocycles. The largest absolute Gasteiger partial charge is 0.256 e. The third-order valence-electron chi connectivity index (χ3n) is 1.91. The van der Waals surface area contributed by atoms with Gasteiger partial charge in [-0.05, 0) is 36.8 Å². The van der Waals surface area contributed by atoms with Gasteiger partial charge in [-0.15, -0.1) is 0 Å². The monoisotopic (exact) mass is 168 g/mol. The van der Waals surface area contributed by atoms with E-state index in [0.29, 0.717) is 0 Å². The predicted molar refractivity (Wildman–Crippen MR) is 53.2 cm³/mol. The molecule has 63 valence electrons. The van der Waals surface area contributed by atoms with Gasteiger partial charge < -0.3 is 0 Å². The van der Waals surface area contributed by atoms with E-state index in [4.69, 9.17) is 0 Å². The summed E-state index contributed by atoms with van der Waals surface area (Å²) in [7, 11) is 0. The predicted octanol–water partition coefficient (Wildman–Crippen LogP) is 2.86. The fraction of sp³-hybridized carbons (Fsp3) is 0.0833. The Bertz CT molecular complexity index is 393. The summed E-state index contributed by atoms with van der Waals surface area (Å²) in [5.41, 5.74) is 3.31. The second kappa shape index (κ2) is 3.40. The number of hydrogen-bond donors (Lipinski definition) is 0. The van der Waals surface area contributed by atoms with Gasteiger partial charge in [-0.2, -0.15) is 0 Å². The fourth-order valence-corrected chi connectivity index (χ4v) is 1.28. The first-order valence-electron chi connectivity index (χ1n) is 4.26. The molecule has 0 spiro atoms. The van der Waals surface area contributed by atoms with Gasteiger partial charge in [0.15, 0.2) is 0 Å². The van der Waals surface area contributed by atoms with Crippen LogP contribution in [0.1, 0.15) is 5.56 Å². The maximum atomic E-state index is 4.28. The van der Waals surface area contributed by atoms with Crippen molar-refractivity contribution >= 4 is 0 Å². The van der Waals surface area contributed by atoms with E-state index in [-0.39, 0.29) is 0 Å². The number of aromatic nitrogens is 1. The van der Waals surface area contributed by atoms with Crippen LogP contribution in [0.15, 0.2) is 42.6 Å². The number of pyridine rings is 1. The van der Waals surface area contributed by atoms with Crippen LogP contribution in [-0.2, 0) is 0 Å². The van der Waals surface area contributed by atoms with E-state index in [9.17, 15) is 0 Å². The quantitative estimate of drug-likeness (QED) is 0.638. The molecular formula is C12H10N. The van der Waals surface area contributed by atoms with Crippen LogP contribution < -0.4 is 0 Å². The molecule has 0 aliphatic rings. The molecule has 1 heteroatoms. The Kier molecular flexibility index (Phi) is 2.09. The van der Waals surface area contributed by atoms with Crippen molar-refractivity contribution in [3.05, 3.63) is 54.2 Å². The minimum atomic E-state index is 1.01. The molecule has 1 radical (unpaired) electrons. The van der Waals surface area contributed by atoms with Crippen molar-refractivity contribution in [3.8, 4) is 11.3 Å². The lowest BCUT2D eigenvalue weighted by Gasteiger charge is -2.00. The molecule has 0 aliphatic heterocycles. The highest BCUT2D eigenvalue weighted by molar-refractivity contribution is 5.59. The second-order valence-electron chi connectivity index (χ2n) is 2.98. The molecule has 0 unspecified atom stereocenters. The molecule has 0 saturated heterocycles. The summed E-state index contributed by atoms with van der Waals surface area (Å²) in [5, 5.41) is 0. The van der Waals surface area contributed by atoms with Crippen LogP contribution in [0, 0.1) is 13.0 Å². The highest BCUT2D eigenvalue weighted by Crippen LogP contribution is 2.16. The first-order chi connectivity index (χ1) is 6.36. The summed E-state index contributed by atoms with van der Waals surface area (Å²) >= 11 is 0. The van der Waals surface area contributed by atoms with Crippen LogP contribution in [0.3, 0.4) is 0 Å². The summed E-state index contributed by atoms with van der Waals surface area (Å²) in [5.74, 6) is 0. The van der Waals surface area contributed by atoms with Crippen LogP contribution in [-0.4, -0.2) is 4.98 Å². The van der Waals surface area contributed by atoms with Crippen LogP contribution in [0.5, 0.6) is 0 Å². The maximum absolute atomic E-state index is 4.28. The summed E-state index contributed by atoms with van der Waals surface area (Å²) in [6.07, 6.45) is 1.81. The highest BCUT2D eigenvalue weighted by atomic mass is 14.7. The first-order valence-corrected chi connectivity index (χ1v) is 4.26. The van der Waals surface area contributed by atoms with E-state index in [1.54, 1.807) is 6.20 Å². The molecule has 0 aliphatic carbocycles. The fourth-order valence-electron chi connectivity index (χ4n) is 1.28. The molecule has 1 nitrogen and oxygen atoms in total. The van der Waals surface area contributed by atoms with Crippen LogP contribution in [0.25, 0.3) is 11.3 Å². The van der Waals surface area contributed by atoms with Gasteiger partial charge in [0.2, 0.25) is 0 Å². The molecule has 0 saturated carbocycles. The summed E-state index contributed by atoms with van der Waals surface area (Å²) in [6.45, 7) is 2.03. The Hall–Kier alpha value is -1.63. The van der Waals surface area contributed by atoms with E-state index in [0.717, 1.165) is 16.8 Å². The van der Waals surface area contributed by atoms with E-state index < -0.39 is 0 Å². The molecule has 1 heterocycles. The van der Waals surface area contributed by atoms with Gasteiger partial charge in [0.1, 0.15) is 0 Å². The molecule has 0 bridgehead atoms. The van der Waals surface area contributed by atoms with Crippen molar-refractivity contribution < 1.29 is 0 Å². The number of hydrogen-bond acceptors (Lipinski definition) is 1. The normalized spacial score (nSPS) is 9.92. The molecule has 2 rings (SSSR count). The van der Waals surface area contributed by atoms with E-state index >= 15 is 0 Å².